The largest absolute Gasteiger partial charge is 0.508 e. The molecule has 2 N–H and O–H groups in total. The van der Waals surface area contributed by atoms with Gasteiger partial charge in [-0.2, -0.15) is 0 Å². The van der Waals surface area contributed by atoms with Crippen molar-refractivity contribution in [3.63, 3.8) is 0 Å². The topological polar surface area (TPSA) is 102 Å². The van der Waals surface area contributed by atoms with Crippen LogP contribution in [-0.4, -0.2) is 35.9 Å². The number of phenols is 2. The van der Waals surface area contributed by atoms with Crippen molar-refractivity contribution in [2.45, 2.75) is 27.7 Å². The Balaban J connectivity index is 2.40. The number of esters is 2. The number of aromatic hydroxyl groups is 2. The minimum Gasteiger partial charge on any atom is -0.508 e. The molecular formula is C20H22O7. The van der Waals surface area contributed by atoms with Crippen molar-refractivity contribution >= 4 is 11.9 Å². The van der Waals surface area contributed by atoms with Crippen LogP contribution in [0.4, 0.5) is 0 Å². The maximum atomic E-state index is 12.7. The number of methoxy groups -OCH3 is 1. The maximum Gasteiger partial charge on any atom is 0.347 e. The molecule has 0 atom stereocenters. The van der Waals surface area contributed by atoms with Crippen LogP contribution in [0, 0.1) is 20.8 Å². The molecule has 0 amide bonds. The van der Waals surface area contributed by atoms with Gasteiger partial charge in [0.15, 0.2) is 0 Å². The molecule has 0 radical (unpaired) electrons. The number of carbonyl (C=O) groups is 2. The van der Waals surface area contributed by atoms with E-state index in [1.165, 1.54) is 25.3 Å². The van der Waals surface area contributed by atoms with Crippen LogP contribution >= 0.6 is 0 Å². The summed E-state index contributed by atoms with van der Waals surface area (Å²) in [4.78, 5) is 24.6. The number of aryl methyl sites for hydroxylation is 2. The van der Waals surface area contributed by atoms with Gasteiger partial charge in [0.25, 0.3) is 0 Å². The van der Waals surface area contributed by atoms with Crippen molar-refractivity contribution in [2.24, 2.45) is 0 Å². The van der Waals surface area contributed by atoms with Crippen LogP contribution in [0.3, 0.4) is 0 Å². The lowest BCUT2D eigenvalue weighted by Crippen LogP contribution is -2.14. The Morgan fingerprint density at radius 3 is 2.11 bits per heavy atom. The predicted octanol–water partition coefficient (Wildman–Crippen LogP) is 3.43. The van der Waals surface area contributed by atoms with Gasteiger partial charge in [0.1, 0.15) is 34.1 Å². The van der Waals surface area contributed by atoms with E-state index in [2.05, 4.69) is 0 Å². The first kappa shape index (κ1) is 20.1. The Morgan fingerprint density at radius 1 is 0.926 bits per heavy atom. The summed E-state index contributed by atoms with van der Waals surface area (Å²) in [5, 5.41) is 20.0. The molecule has 2 aromatic rings. The monoisotopic (exact) mass is 374 g/mol. The van der Waals surface area contributed by atoms with Gasteiger partial charge in [0.2, 0.25) is 0 Å². The Kier molecular flexibility index (Phi) is 5.95. The molecule has 2 aromatic carbocycles. The smallest absolute Gasteiger partial charge is 0.347 e. The summed E-state index contributed by atoms with van der Waals surface area (Å²) in [5.41, 5.74) is 1.47. The molecule has 0 fully saturated rings. The van der Waals surface area contributed by atoms with Gasteiger partial charge in [-0.1, -0.05) is 0 Å². The number of ether oxygens (including phenoxy) is 3. The SMILES string of the molecule is CCOC(=O)c1c(C)cc(OC(=O)c2c(C)cc(O)c(C)c2OC)cc1O. The number of phenolic OH excluding ortho intramolecular Hbond substituents is 2. The van der Waals surface area contributed by atoms with Gasteiger partial charge in [0.05, 0.1) is 13.7 Å². The lowest BCUT2D eigenvalue weighted by atomic mass is 10.0. The molecule has 0 bridgehead atoms. The number of rotatable bonds is 5. The zero-order chi connectivity index (χ0) is 20.3. The standard InChI is InChI=1S/C20H22O7/c1-6-26-19(23)16-10(2)7-13(9-15(16)22)27-20(24)17-11(3)8-14(21)12(4)18(17)25-5/h7-9,21-22H,6H2,1-5H3. The first-order chi connectivity index (χ1) is 12.7. The van der Waals surface area contributed by atoms with E-state index in [1.807, 2.05) is 0 Å². The number of carbonyl (C=O) groups excluding carboxylic acids is 2. The summed E-state index contributed by atoms with van der Waals surface area (Å²) in [6, 6.07) is 4.08. The summed E-state index contributed by atoms with van der Waals surface area (Å²) in [7, 11) is 1.39. The van der Waals surface area contributed by atoms with Gasteiger partial charge in [-0.15, -0.1) is 0 Å². The van der Waals surface area contributed by atoms with Gasteiger partial charge >= 0.3 is 11.9 Å². The minimum absolute atomic E-state index is 0.00757. The lowest BCUT2D eigenvalue weighted by molar-refractivity contribution is 0.0522. The van der Waals surface area contributed by atoms with E-state index in [-0.39, 0.29) is 40.7 Å². The van der Waals surface area contributed by atoms with E-state index in [4.69, 9.17) is 14.2 Å². The molecule has 0 unspecified atom stereocenters. The predicted molar refractivity (Wildman–Crippen MR) is 97.9 cm³/mol. The van der Waals surface area contributed by atoms with Gasteiger partial charge < -0.3 is 24.4 Å². The quantitative estimate of drug-likeness (QED) is 0.610. The second kappa shape index (κ2) is 7.99. The average Bonchev–Trinajstić information content (AvgIpc) is 2.57. The molecule has 0 aromatic heterocycles. The summed E-state index contributed by atoms with van der Waals surface area (Å²) in [6.45, 7) is 6.70. The fourth-order valence-corrected chi connectivity index (χ4v) is 2.80. The third kappa shape index (κ3) is 3.97. The van der Waals surface area contributed by atoms with Crippen LogP contribution < -0.4 is 9.47 Å². The Morgan fingerprint density at radius 2 is 1.56 bits per heavy atom. The number of hydrogen-bond donors (Lipinski definition) is 2. The Bertz CT molecular complexity index is 877. The van der Waals surface area contributed by atoms with Crippen LogP contribution in [0.1, 0.15) is 44.3 Å². The van der Waals surface area contributed by atoms with Crippen molar-refractivity contribution in [1.82, 2.24) is 0 Å². The zero-order valence-corrected chi connectivity index (χ0v) is 15.9. The molecule has 0 heterocycles. The highest BCUT2D eigenvalue weighted by Gasteiger charge is 2.23. The summed E-state index contributed by atoms with van der Waals surface area (Å²) < 4.78 is 15.5. The first-order valence-electron chi connectivity index (χ1n) is 8.31. The number of benzene rings is 2. The highest BCUT2D eigenvalue weighted by molar-refractivity contribution is 5.97. The van der Waals surface area contributed by atoms with Gasteiger partial charge in [0, 0.05) is 11.6 Å². The van der Waals surface area contributed by atoms with E-state index in [1.54, 1.807) is 27.7 Å². The molecular weight excluding hydrogens is 352 g/mol. The Labute approximate surface area is 157 Å². The fraction of sp³-hybridized carbons (Fsp3) is 0.300. The van der Waals surface area contributed by atoms with Gasteiger partial charge in [-0.3, -0.25) is 0 Å². The van der Waals surface area contributed by atoms with E-state index in [0.29, 0.717) is 16.7 Å². The van der Waals surface area contributed by atoms with Crippen LogP contribution in [0.25, 0.3) is 0 Å². The van der Waals surface area contributed by atoms with Crippen LogP contribution in [0.2, 0.25) is 0 Å². The molecule has 7 heteroatoms. The van der Waals surface area contributed by atoms with Crippen molar-refractivity contribution in [3.05, 3.63) is 46.0 Å². The second-order valence-corrected chi connectivity index (χ2v) is 5.99. The van der Waals surface area contributed by atoms with Crippen LogP contribution in [-0.2, 0) is 4.74 Å². The van der Waals surface area contributed by atoms with E-state index >= 15 is 0 Å². The van der Waals surface area contributed by atoms with E-state index < -0.39 is 11.9 Å². The summed E-state index contributed by atoms with van der Waals surface area (Å²) >= 11 is 0. The molecule has 2 rings (SSSR count). The molecule has 27 heavy (non-hydrogen) atoms. The Hall–Kier alpha value is -3.22. The lowest BCUT2D eigenvalue weighted by Gasteiger charge is -2.15. The molecule has 0 saturated carbocycles. The van der Waals surface area contributed by atoms with Crippen LogP contribution in [0.5, 0.6) is 23.0 Å². The zero-order valence-electron chi connectivity index (χ0n) is 15.9. The molecule has 144 valence electrons. The molecule has 0 aliphatic rings. The number of hydrogen-bond acceptors (Lipinski definition) is 7. The third-order valence-electron chi connectivity index (χ3n) is 4.09. The fourth-order valence-electron chi connectivity index (χ4n) is 2.80. The molecule has 7 nitrogen and oxygen atoms in total. The van der Waals surface area contributed by atoms with Crippen molar-refractivity contribution < 1.29 is 34.0 Å². The van der Waals surface area contributed by atoms with Crippen LogP contribution in [0.15, 0.2) is 18.2 Å². The first-order valence-corrected chi connectivity index (χ1v) is 8.31. The normalized spacial score (nSPS) is 10.4. The molecule has 0 aliphatic heterocycles. The van der Waals surface area contributed by atoms with E-state index in [0.717, 1.165) is 0 Å². The maximum absolute atomic E-state index is 12.7. The van der Waals surface area contributed by atoms with Crippen molar-refractivity contribution in [3.8, 4) is 23.0 Å². The molecule has 0 saturated heterocycles. The van der Waals surface area contributed by atoms with Gasteiger partial charge in [-0.05, 0) is 51.0 Å². The third-order valence-corrected chi connectivity index (χ3v) is 4.09. The highest BCUT2D eigenvalue weighted by Crippen LogP contribution is 2.35. The summed E-state index contributed by atoms with van der Waals surface area (Å²) in [6.07, 6.45) is 0. The highest BCUT2D eigenvalue weighted by atomic mass is 16.5. The van der Waals surface area contributed by atoms with Crippen molar-refractivity contribution in [1.29, 1.82) is 0 Å². The summed E-state index contributed by atoms with van der Waals surface area (Å²) in [5.74, 6) is -1.43. The molecule has 0 aliphatic carbocycles. The van der Waals surface area contributed by atoms with E-state index in [9.17, 15) is 19.8 Å². The van der Waals surface area contributed by atoms with Crippen molar-refractivity contribution in [2.75, 3.05) is 13.7 Å². The minimum atomic E-state index is -0.713. The van der Waals surface area contributed by atoms with Gasteiger partial charge in [-0.25, -0.2) is 9.59 Å². The second-order valence-electron chi connectivity index (χ2n) is 5.99. The molecule has 0 spiro atoms. The average molecular weight is 374 g/mol.